The number of nitrogens with zero attached hydrogens (tertiary/aromatic N) is 1. The van der Waals surface area contributed by atoms with Crippen LogP contribution in [0.2, 0.25) is 0 Å². The van der Waals surface area contributed by atoms with Crippen LogP contribution in [-0.2, 0) is 4.79 Å². The summed E-state index contributed by atoms with van der Waals surface area (Å²) >= 11 is 0. The summed E-state index contributed by atoms with van der Waals surface area (Å²) in [7, 11) is 0. The first-order valence-corrected chi connectivity index (χ1v) is 7.83. The van der Waals surface area contributed by atoms with E-state index < -0.39 is 11.5 Å². The molecule has 0 aromatic rings. The van der Waals surface area contributed by atoms with Crippen LogP contribution in [0.3, 0.4) is 0 Å². The second kappa shape index (κ2) is 6.46. The molecule has 2 aliphatic rings. The molecule has 114 valence electrons. The third kappa shape index (κ3) is 4.12. The lowest BCUT2D eigenvalue weighted by Gasteiger charge is -2.32. The summed E-state index contributed by atoms with van der Waals surface area (Å²) in [5.41, 5.74) is -0.515. The summed E-state index contributed by atoms with van der Waals surface area (Å²) in [6.07, 6.45) is 6.99. The van der Waals surface area contributed by atoms with Gasteiger partial charge in [0.15, 0.2) is 0 Å². The van der Waals surface area contributed by atoms with E-state index in [1.807, 2.05) is 4.90 Å². The maximum absolute atomic E-state index is 12.5. The average Bonchev–Trinajstić information content (AvgIpc) is 3.08. The Morgan fingerprint density at radius 3 is 2.45 bits per heavy atom. The number of amides is 2. The Morgan fingerprint density at radius 1 is 1.30 bits per heavy atom. The predicted molar refractivity (Wildman–Crippen MR) is 76.6 cm³/mol. The second-order valence-corrected chi connectivity index (χ2v) is 6.38. The molecule has 0 spiro atoms. The van der Waals surface area contributed by atoms with E-state index in [9.17, 15) is 9.59 Å². The van der Waals surface area contributed by atoms with Gasteiger partial charge in [0.1, 0.15) is 0 Å². The molecule has 0 aromatic heterocycles. The van der Waals surface area contributed by atoms with Crippen molar-refractivity contribution in [1.29, 1.82) is 0 Å². The number of carboxylic acid groups (broad SMARTS) is 1. The molecule has 5 nitrogen and oxygen atoms in total. The molecule has 0 heterocycles. The number of carbonyl (C=O) groups excluding carboxylic acids is 1. The molecule has 0 unspecified atom stereocenters. The Balaban J connectivity index is 1.96. The maximum Gasteiger partial charge on any atom is 0.317 e. The zero-order valence-electron chi connectivity index (χ0n) is 12.4. The van der Waals surface area contributed by atoms with Crippen molar-refractivity contribution >= 4 is 12.0 Å². The van der Waals surface area contributed by atoms with Crippen LogP contribution in [-0.4, -0.2) is 40.6 Å². The minimum atomic E-state index is -0.823. The molecule has 2 saturated carbocycles. The first-order valence-electron chi connectivity index (χ1n) is 7.83. The van der Waals surface area contributed by atoms with Crippen LogP contribution in [0.15, 0.2) is 0 Å². The van der Waals surface area contributed by atoms with Crippen molar-refractivity contribution in [2.75, 3.05) is 13.1 Å². The summed E-state index contributed by atoms with van der Waals surface area (Å²) in [6, 6.07) is -0.0677. The van der Waals surface area contributed by atoms with Gasteiger partial charge in [-0.1, -0.05) is 19.8 Å². The molecule has 20 heavy (non-hydrogen) atoms. The molecule has 0 radical (unpaired) electrons. The van der Waals surface area contributed by atoms with Crippen LogP contribution >= 0.6 is 0 Å². The van der Waals surface area contributed by atoms with Gasteiger partial charge >= 0.3 is 12.0 Å². The number of hydrogen-bond acceptors (Lipinski definition) is 2. The van der Waals surface area contributed by atoms with Gasteiger partial charge in [-0.25, -0.2) is 4.79 Å². The SMILES string of the molecule is CCCN(CC1CC1)C(=O)NC1(CC(=O)O)CCCC1. The zero-order valence-corrected chi connectivity index (χ0v) is 12.4. The van der Waals surface area contributed by atoms with Gasteiger partial charge < -0.3 is 15.3 Å². The van der Waals surface area contributed by atoms with Gasteiger partial charge in [-0.05, 0) is 38.0 Å². The molecule has 5 heteroatoms. The third-order valence-corrected chi connectivity index (χ3v) is 4.38. The standard InChI is InChI=1S/C15H26N2O3/c1-2-9-17(11-12-5-6-12)14(20)16-15(10-13(18)19)7-3-4-8-15/h12H,2-11H2,1H3,(H,16,20)(H,18,19). The Labute approximate surface area is 120 Å². The maximum atomic E-state index is 12.5. The van der Waals surface area contributed by atoms with E-state index in [1.54, 1.807) is 0 Å². The molecule has 2 aliphatic carbocycles. The predicted octanol–water partition coefficient (Wildman–Crippen LogP) is 2.61. The number of hydrogen-bond donors (Lipinski definition) is 2. The number of urea groups is 1. The second-order valence-electron chi connectivity index (χ2n) is 6.38. The van der Waals surface area contributed by atoms with Crippen molar-refractivity contribution in [2.24, 2.45) is 5.92 Å². The van der Waals surface area contributed by atoms with E-state index in [2.05, 4.69) is 12.2 Å². The number of carbonyl (C=O) groups is 2. The van der Waals surface area contributed by atoms with Crippen LogP contribution in [0.25, 0.3) is 0 Å². The van der Waals surface area contributed by atoms with Gasteiger partial charge in [0, 0.05) is 13.1 Å². The first kappa shape index (κ1) is 15.1. The molecular weight excluding hydrogens is 256 g/mol. The van der Waals surface area contributed by atoms with E-state index >= 15 is 0 Å². The van der Waals surface area contributed by atoms with Crippen LogP contribution < -0.4 is 5.32 Å². The summed E-state index contributed by atoms with van der Waals surface area (Å²) in [5.74, 6) is -0.164. The van der Waals surface area contributed by atoms with Gasteiger partial charge in [0.05, 0.1) is 12.0 Å². The monoisotopic (exact) mass is 282 g/mol. The molecule has 0 bridgehead atoms. The highest BCUT2D eigenvalue weighted by atomic mass is 16.4. The van der Waals surface area contributed by atoms with Crippen molar-refractivity contribution in [3.8, 4) is 0 Å². The highest BCUT2D eigenvalue weighted by Gasteiger charge is 2.39. The van der Waals surface area contributed by atoms with Crippen molar-refractivity contribution in [3.05, 3.63) is 0 Å². The van der Waals surface area contributed by atoms with Gasteiger partial charge in [0.25, 0.3) is 0 Å². The number of rotatable bonds is 7. The molecule has 0 saturated heterocycles. The van der Waals surface area contributed by atoms with Gasteiger partial charge in [-0.3, -0.25) is 4.79 Å². The molecule has 0 atom stereocenters. The van der Waals surface area contributed by atoms with Crippen LogP contribution in [0, 0.1) is 5.92 Å². The molecular formula is C15H26N2O3. The summed E-state index contributed by atoms with van der Waals surface area (Å²) in [6.45, 7) is 3.64. The molecule has 2 N–H and O–H groups in total. The first-order chi connectivity index (χ1) is 9.54. The number of nitrogens with one attached hydrogen (secondary N) is 1. The van der Waals surface area contributed by atoms with Crippen molar-refractivity contribution in [3.63, 3.8) is 0 Å². The van der Waals surface area contributed by atoms with E-state index in [0.29, 0.717) is 5.92 Å². The lowest BCUT2D eigenvalue weighted by Crippen LogP contribution is -2.53. The van der Waals surface area contributed by atoms with E-state index in [0.717, 1.165) is 45.2 Å². The quantitative estimate of drug-likeness (QED) is 0.754. The molecule has 0 aromatic carbocycles. The van der Waals surface area contributed by atoms with Gasteiger partial charge in [0.2, 0.25) is 0 Å². The van der Waals surface area contributed by atoms with E-state index in [-0.39, 0.29) is 12.5 Å². The fourth-order valence-electron chi connectivity index (χ4n) is 3.15. The third-order valence-electron chi connectivity index (χ3n) is 4.38. The lowest BCUT2D eigenvalue weighted by molar-refractivity contribution is -0.138. The molecule has 2 rings (SSSR count). The normalized spacial score (nSPS) is 20.6. The highest BCUT2D eigenvalue weighted by molar-refractivity contribution is 5.77. The van der Waals surface area contributed by atoms with Gasteiger partial charge in [-0.2, -0.15) is 0 Å². The zero-order chi connectivity index (χ0) is 14.6. The largest absolute Gasteiger partial charge is 0.481 e. The minimum absolute atomic E-state index is 0.0438. The van der Waals surface area contributed by atoms with E-state index in [1.165, 1.54) is 12.8 Å². The fraction of sp³-hybridized carbons (Fsp3) is 0.867. The van der Waals surface area contributed by atoms with Gasteiger partial charge in [-0.15, -0.1) is 0 Å². The van der Waals surface area contributed by atoms with Crippen LogP contribution in [0.5, 0.6) is 0 Å². The number of aliphatic carboxylic acids is 1. The summed E-state index contributed by atoms with van der Waals surface area (Å²) in [5, 5.41) is 12.1. The van der Waals surface area contributed by atoms with Crippen LogP contribution in [0.1, 0.15) is 58.3 Å². The topological polar surface area (TPSA) is 69.6 Å². The Hall–Kier alpha value is -1.26. The molecule has 2 amide bonds. The Morgan fingerprint density at radius 2 is 1.95 bits per heavy atom. The van der Waals surface area contributed by atoms with Crippen molar-refractivity contribution in [1.82, 2.24) is 10.2 Å². The molecule has 0 aliphatic heterocycles. The highest BCUT2D eigenvalue weighted by Crippen LogP contribution is 2.33. The Kier molecular flexibility index (Phi) is 4.89. The summed E-state index contributed by atoms with van der Waals surface area (Å²) < 4.78 is 0. The van der Waals surface area contributed by atoms with Crippen molar-refractivity contribution in [2.45, 2.75) is 63.8 Å². The number of carboxylic acids is 1. The molecule has 2 fully saturated rings. The van der Waals surface area contributed by atoms with Crippen molar-refractivity contribution < 1.29 is 14.7 Å². The smallest absolute Gasteiger partial charge is 0.317 e. The summed E-state index contributed by atoms with van der Waals surface area (Å²) in [4.78, 5) is 25.4. The fourth-order valence-corrected chi connectivity index (χ4v) is 3.15. The Bertz CT molecular complexity index is 360. The average molecular weight is 282 g/mol. The van der Waals surface area contributed by atoms with E-state index in [4.69, 9.17) is 5.11 Å². The van der Waals surface area contributed by atoms with Crippen LogP contribution in [0.4, 0.5) is 4.79 Å². The minimum Gasteiger partial charge on any atom is -0.481 e. The lowest BCUT2D eigenvalue weighted by atomic mass is 9.93.